The number of nitrogens with zero attached hydrogens (tertiary/aromatic N) is 3. The molecule has 1 aliphatic rings. The van der Waals surface area contributed by atoms with E-state index in [-0.39, 0.29) is 17.6 Å². The fraction of sp³-hybridized carbons (Fsp3) is 0.667. The lowest BCUT2D eigenvalue weighted by Gasteiger charge is -2.33. The molecule has 2 unspecified atom stereocenters. The second kappa shape index (κ2) is 3.98. The van der Waals surface area contributed by atoms with Gasteiger partial charge in [-0.25, -0.2) is 4.98 Å². The molecule has 1 amide bonds. The van der Waals surface area contributed by atoms with Crippen LogP contribution in [0.15, 0.2) is 6.33 Å². The number of aliphatic hydroxyl groups excluding tert-OH is 1. The molecule has 0 aromatic carbocycles. The van der Waals surface area contributed by atoms with Gasteiger partial charge in [-0.05, 0) is 12.3 Å². The molecule has 82 valence electrons. The maximum absolute atomic E-state index is 11.8. The van der Waals surface area contributed by atoms with E-state index < -0.39 is 6.10 Å². The summed E-state index contributed by atoms with van der Waals surface area (Å²) in [4.78, 5) is 17.2. The van der Waals surface area contributed by atoms with Crippen molar-refractivity contribution in [2.24, 2.45) is 5.92 Å². The van der Waals surface area contributed by atoms with Gasteiger partial charge in [-0.3, -0.25) is 9.89 Å². The van der Waals surface area contributed by atoms with Crippen LogP contribution in [0.25, 0.3) is 0 Å². The molecular formula is C9H14N4O2. The molecule has 2 rings (SSSR count). The third kappa shape index (κ3) is 1.99. The molecule has 1 fully saturated rings. The Kier molecular flexibility index (Phi) is 2.68. The molecule has 1 aromatic heterocycles. The average molecular weight is 210 g/mol. The van der Waals surface area contributed by atoms with Crippen LogP contribution in [-0.2, 0) is 0 Å². The molecule has 0 bridgehead atoms. The molecule has 6 heteroatoms. The highest BCUT2D eigenvalue weighted by molar-refractivity contribution is 5.90. The smallest absolute Gasteiger partial charge is 0.291 e. The minimum absolute atomic E-state index is 0.196. The number of hydrogen-bond acceptors (Lipinski definition) is 4. The van der Waals surface area contributed by atoms with E-state index in [4.69, 9.17) is 0 Å². The molecule has 1 aromatic rings. The van der Waals surface area contributed by atoms with Crippen LogP contribution in [0.1, 0.15) is 24.0 Å². The highest BCUT2D eigenvalue weighted by atomic mass is 16.3. The lowest BCUT2D eigenvalue weighted by Crippen LogP contribution is -2.46. The Morgan fingerprint density at radius 3 is 3.13 bits per heavy atom. The van der Waals surface area contributed by atoms with E-state index in [1.807, 2.05) is 6.92 Å². The number of aliphatic hydroxyl groups is 1. The number of aromatic nitrogens is 3. The summed E-state index contributed by atoms with van der Waals surface area (Å²) in [5, 5.41) is 15.8. The molecule has 2 heterocycles. The molecule has 2 atom stereocenters. The number of β-amino-alcohol motifs (C(OH)–C–C–N with tert-alkyl or cyclic N) is 1. The average Bonchev–Trinajstić information content (AvgIpc) is 2.74. The van der Waals surface area contributed by atoms with Gasteiger partial charge in [0.25, 0.3) is 5.91 Å². The molecular weight excluding hydrogens is 196 g/mol. The second-order valence-corrected chi connectivity index (χ2v) is 3.92. The standard InChI is InChI=1S/C9H14N4O2/c1-6-2-3-13(4-7(6)14)9(15)8-10-5-11-12-8/h5-7,14H,2-4H2,1H3,(H,10,11,12). The van der Waals surface area contributed by atoms with Gasteiger partial charge in [0.1, 0.15) is 6.33 Å². The first-order chi connectivity index (χ1) is 7.18. The second-order valence-electron chi connectivity index (χ2n) is 3.92. The summed E-state index contributed by atoms with van der Waals surface area (Å²) in [5.41, 5.74) is 0. The van der Waals surface area contributed by atoms with E-state index >= 15 is 0 Å². The molecule has 0 spiro atoms. The largest absolute Gasteiger partial charge is 0.391 e. The number of aromatic amines is 1. The zero-order chi connectivity index (χ0) is 10.8. The Morgan fingerprint density at radius 2 is 2.53 bits per heavy atom. The van der Waals surface area contributed by atoms with Crippen molar-refractivity contribution >= 4 is 5.91 Å². The molecule has 0 saturated carbocycles. The monoisotopic (exact) mass is 210 g/mol. The van der Waals surface area contributed by atoms with Crippen LogP contribution in [0.3, 0.4) is 0 Å². The Bertz CT molecular complexity index is 338. The quantitative estimate of drug-likeness (QED) is 0.663. The predicted molar refractivity (Wildman–Crippen MR) is 52.1 cm³/mol. The van der Waals surface area contributed by atoms with Crippen LogP contribution in [0.5, 0.6) is 0 Å². The molecule has 1 aliphatic heterocycles. The van der Waals surface area contributed by atoms with Crippen LogP contribution < -0.4 is 0 Å². The van der Waals surface area contributed by atoms with Crippen LogP contribution in [0, 0.1) is 5.92 Å². The highest BCUT2D eigenvalue weighted by Crippen LogP contribution is 2.17. The Hall–Kier alpha value is -1.43. The summed E-state index contributed by atoms with van der Waals surface area (Å²) in [7, 11) is 0. The number of amides is 1. The highest BCUT2D eigenvalue weighted by Gasteiger charge is 2.28. The van der Waals surface area contributed by atoms with Crippen molar-refractivity contribution in [3.05, 3.63) is 12.2 Å². The van der Waals surface area contributed by atoms with Gasteiger partial charge in [0.15, 0.2) is 0 Å². The van der Waals surface area contributed by atoms with Crippen LogP contribution in [-0.4, -0.2) is 50.3 Å². The van der Waals surface area contributed by atoms with Gasteiger partial charge in [0.2, 0.25) is 5.82 Å². The fourth-order valence-electron chi connectivity index (χ4n) is 1.69. The molecule has 6 nitrogen and oxygen atoms in total. The van der Waals surface area contributed by atoms with E-state index in [0.717, 1.165) is 6.42 Å². The summed E-state index contributed by atoms with van der Waals surface area (Å²) < 4.78 is 0. The third-order valence-corrected chi connectivity index (χ3v) is 2.82. The van der Waals surface area contributed by atoms with Crippen LogP contribution in [0.2, 0.25) is 0 Å². The minimum atomic E-state index is -0.439. The number of carbonyl (C=O) groups excluding carboxylic acids is 1. The van der Waals surface area contributed by atoms with E-state index in [0.29, 0.717) is 13.1 Å². The topological polar surface area (TPSA) is 82.1 Å². The van der Waals surface area contributed by atoms with Crippen molar-refractivity contribution in [1.82, 2.24) is 20.1 Å². The van der Waals surface area contributed by atoms with Gasteiger partial charge in [0, 0.05) is 13.1 Å². The van der Waals surface area contributed by atoms with Gasteiger partial charge in [-0.15, -0.1) is 0 Å². The van der Waals surface area contributed by atoms with Gasteiger partial charge < -0.3 is 10.0 Å². The van der Waals surface area contributed by atoms with Crippen LogP contribution >= 0.6 is 0 Å². The van der Waals surface area contributed by atoms with Crippen LogP contribution in [0.4, 0.5) is 0 Å². The summed E-state index contributed by atoms with van der Waals surface area (Å²) in [6.07, 6.45) is 1.68. The number of rotatable bonds is 1. The first-order valence-electron chi connectivity index (χ1n) is 5.01. The number of nitrogens with one attached hydrogen (secondary N) is 1. The Morgan fingerprint density at radius 1 is 1.73 bits per heavy atom. The van der Waals surface area contributed by atoms with Crippen molar-refractivity contribution in [2.75, 3.05) is 13.1 Å². The Balaban J connectivity index is 2.03. The SMILES string of the molecule is CC1CCN(C(=O)c2ncn[nH]2)CC1O. The van der Waals surface area contributed by atoms with E-state index in [1.54, 1.807) is 4.90 Å². The first-order valence-corrected chi connectivity index (χ1v) is 5.01. The number of H-pyrrole nitrogens is 1. The zero-order valence-electron chi connectivity index (χ0n) is 8.55. The molecule has 0 aliphatic carbocycles. The van der Waals surface area contributed by atoms with E-state index in [1.165, 1.54) is 6.33 Å². The maximum atomic E-state index is 11.8. The van der Waals surface area contributed by atoms with Gasteiger partial charge >= 0.3 is 0 Å². The molecule has 15 heavy (non-hydrogen) atoms. The van der Waals surface area contributed by atoms with E-state index in [9.17, 15) is 9.90 Å². The summed E-state index contributed by atoms with van der Waals surface area (Å²) in [5.74, 6) is 0.291. The zero-order valence-corrected chi connectivity index (χ0v) is 8.55. The number of likely N-dealkylation sites (tertiary alicyclic amines) is 1. The third-order valence-electron chi connectivity index (χ3n) is 2.82. The van der Waals surface area contributed by atoms with Crippen molar-refractivity contribution in [3.63, 3.8) is 0 Å². The number of hydrogen-bond donors (Lipinski definition) is 2. The van der Waals surface area contributed by atoms with Gasteiger partial charge in [-0.1, -0.05) is 6.92 Å². The van der Waals surface area contributed by atoms with E-state index in [2.05, 4.69) is 15.2 Å². The van der Waals surface area contributed by atoms with Crippen molar-refractivity contribution in [1.29, 1.82) is 0 Å². The van der Waals surface area contributed by atoms with Crippen molar-refractivity contribution in [3.8, 4) is 0 Å². The normalized spacial score (nSPS) is 26.7. The molecule has 2 N–H and O–H groups in total. The summed E-state index contributed by atoms with van der Waals surface area (Å²) >= 11 is 0. The van der Waals surface area contributed by atoms with Gasteiger partial charge in [0.05, 0.1) is 6.10 Å². The number of piperidine rings is 1. The van der Waals surface area contributed by atoms with Crippen molar-refractivity contribution < 1.29 is 9.90 Å². The predicted octanol–water partition coefficient (Wildman–Crippen LogP) is -0.352. The number of carbonyl (C=O) groups is 1. The molecule has 0 radical (unpaired) electrons. The summed E-state index contributed by atoms with van der Waals surface area (Å²) in [6.45, 7) is 3.03. The lowest BCUT2D eigenvalue weighted by atomic mass is 9.96. The summed E-state index contributed by atoms with van der Waals surface area (Å²) in [6, 6.07) is 0. The minimum Gasteiger partial charge on any atom is -0.391 e. The van der Waals surface area contributed by atoms with Gasteiger partial charge in [-0.2, -0.15) is 5.10 Å². The maximum Gasteiger partial charge on any atom is 0.291 e. The first kappa shape index (κ1) is 10.1. The fourth-order valence-corrected chi connectivity index (χ4v) is 1.69. The Labute approximate surface area is 87.3 Å². The molecule has 1 saturated heterocycles. The van der Waals surface area contributed by atoms with Crippen molar-refractivity contribution in [2.45, 2.75) is 19.4 Å². The lowest BCUT2D eigenvalue weighted by molar-refractivity contribution is 0.0242.